The number of aromatic nitrogens is 1. The molecule has 0 spiro atoms. The van der Waals surface area contributed by atoms with Crippen LogP contribution in [0.3, 0.4) is 0 Å². The van der Waals surface area contributed by atoms with E-state index in [4.69, 9.17) is 0 Å². The topological polar surface area (TPSA) is 54.3 Å². The van der Waals surface area contributed by atoms with E-state index in [-0.39, 0.29) is 17.9 Å². The van der Waals surface area contributed by atoms with Crippen molar-refractivity contribution in [2.75, 3.05) is 4.90 Å². The average molecular weight is 478 g/mol. The van der Waals surface area contributed by atoms with Crippen molar-refractivity contribution >= 4 is 39.1 Å². The summed E-state index contributed by atoms with van der Waals surface area (Å²) in [5, 5.41) is 3.37. The summed E-state index contributed by atoms with van der Waals surface area (Å²) >= 11 is 1.74. The van der Waals surface area contributed by atoms with Gasteiger partial charge in [-0.3, -0.25) is 14.5 Å². The Hall–Kier alpha value is -2.60. The van der Waals surface area contributed by atoms with E-state index in [0.717, 1.165) is 59.1 Å². The molecule has 2 aliphatic rings. The predicted octanol–water partition coefficient (Wildman–Crippen LogP) is 6.14. The highest BCUT2D eigenvalue weighted by atomic mass is 32.1. The minimum Gasteiger partial charge on any atom is -0.351 e. The summed E-state index contributed by atoms with van der Waals surface area (Å²) in [4.78, 5) is 31.2. The van der Waals surface area contributed by atoms with Gasteiger partial charge in [0.05, 0.1) is 16.8 Å². The van der Waals surface area contributed by atoms with Crippen LogP contribution >= 0.6 is 11.3 Å². The molecule has 3 heterocycles. The standard InChI is InChI=1S/C28H35N3O2S/c1-5-21-15-23-25(34-21)16-24-26(32)31(22-14-10-11-18(2)19(22)3)28(4,17-30(23)24)27(33)29-20-12-8-6-7-9-13-20/h10-11,14-16,20H,5-9,12-13,17H2,1-4H3,(H,29,33)/t28-/m0/s1. The molecule has 34 heavy (non-hydrogen) atoms. The van der Waals surface area contributed by atoms with Crippen molar-refractivity contribution in [2.45, 2.75) is 90.8 Å². The fourth-order valence-electron chi connectivity index (χ4n) is 5.62. The Morgan fingerprint density at radius 2 is 1.88 bits per heavy atom. The molecule has 5 nitrogen and oxygen atoms in total. The molecule has 1 aromatic carbocycles. The molecule has 0 radical (unpaired) electrons. The van der Waals surface area contributed by atoms with Crippen LogP contribution in [0.25, 0.3) is 10.2 Å². The lowest BCUT2D eigenvalue weighted by atomic mass is 9.91. The van der Waals surface area contributed by atoms with Crippen LogP contribution in [-0.2, 0) is 17.8 Å². The first-order valence-electron chi connectivity index (χ1n) is 12.7. The number of anilines is 1. The number of carbonyl (C=O) groups is 2. The van der Waals surface area contributed by atoms with E-state index in [1.165, 1.54) is 17.7 Å². The number of fused-ring (bicyclic) bond motifs is 3. The van der Waals surface area contributed by atoms with E-state index in [1.54, 1.807) is 16.2 Å². The molecule has 2 aromatic heterocycles. The van der Waals surface area contributed by atoms with Crippen LogP contribution in [0.15, 0.2) is 30.3 Å². The van der Waals surface area contributed by atoms with Gasteiger partial charge in [-0.25, -0.2) is 0 Å². The largest absolute Gasteiger partial charge is 0.351 e. The molecule has 180 valence electrons. The summed E-state index contributed by atoms with van der Waals surface area (Å²) in [6, 6.07) is 10.4. The third-order valence-corrected chi connectivity index (χ3v) is 9.08. The number of aryl methyl sites for hydroxylation is 2. The van der Waals surface area contributed by atoms with E-state index in [1.807, 2.05) is 32.0 Å². The van der Waals surface area contributed by atoms with Gasteiger partial charge in [-0.1, -0.05) is 44.7 Å². The first-order chi connectivity index (χ1) is 16.3. The minimum atomic E-state index is -1.02. The van der Waals surface area contributed by atoms with Crippen LogP contribution < -0.4 is 10.2 Å². The molecule has 1 atom stereocenters. The molecule has 1 N–H and O–H groups in total. The summed E-state index contributed by atoms with van der Waals surface area (Å²) in [6.45, 7) is 8.64. The monoisotopic (exact) mass is 477 g/mol. The van der Waals surface area contributed by atoms with Gasteiger partial charge in [0.25, 0.3) is 5.91 Å². The number of thiophene rings is 1. The Labute approximate surface area is 206 Å². The van der Waals surface area contributed by atoms with Crippen molar-refractivity contribution in [3.63, 3.8) is 0 Å². The van der Waals surface area contributed by atoms with Crippen LogP contribution in [0, 0.1) is 13.8 Å². The molecule has 5 rings (SSSR count). The number of rotatable bonds is 4. The van der Waals surface area contributed by atoms with Crippen LogP contribution in [0.2, 0.25) is 0 Å². The van der Waals surface area contributed by atoms with Crippen LogP contribution in [0.1, 0.15) is 78.9 Å². The maximum Gasteiger partial charge on any atom is 0.275 e. The number of nitrogens with zero attached hydrogens (tertiary/aromatic N) is 2. The van der Waals surface area contributed by atoms with Gasteiger partial charge in [0, 0.05) is 16.6 Å². The minimum absolute atomic E-state index is 0.0490. The highest BCUT2D eigenvalue weighted by Crippen LogP contribution is 2.40. The summed E-state index contributed by atoms with van der Waals surface area (Å²) in [5.74, 6) is -0.146. The second-order valence-electron chi connectivity index (χ2n) is 10.2. The SMILES string of the molecule is CCc1cc2c(cc3n2C[C@@](C)(C(=O)NC2CCCCCC2)N(c2cccc(C)c2C)C3=O)s1. The molecule has 0 saturated heterocycles. The maximum absolute atomic E-state index is 14.1. The Kier molecular flexibility index (Phi) is 6.05. The fraction of sp³-hybridized carbons (Fsp3) is 0.500. The zero-order valence-corrected chi connectivity index (χ0v) is 21.6. The molecular formula is C28H35N3O2S. The maximum atomic E-state index is 14.1. The Bertz CT molecular complexity index is 1250. The van der Waals surface area contributed by atoms with Gasteiger partial charge >= 0.3 is 0 Å². The van der Waals surface area contributed by atoms with Crippen LogP contribution in [0.4, 0.5) is 5.69 Å². The van der Waals surface area contributed by atoms with Gasteiger partial charge in [0.15, 0.2) is 0 Å². The molecule has 1 saturated carbocycles. The van der Waals surface area contributed by atoms with Crippen molar-refractivity contribution < 1.29 is 9.59 Å². The molecule has 2 amide bonds. The number of carbonyl (C=O) groups excluding carboxylic acids is 2. The van der Waals surface area contributed by atoms with Crippen molar-refractivity contribution in [3.8, 4) is 0 Å². The summed E-state index contributed by atoms with van der Waals surface area (Å²) < 4.78 is 3.20. The third-order valence-electron chi connectivity index (χ3n) is 7.87. The predicted molar refractivity (Wildman–Crippen MR) is 140 cm³/mol. The van der Waals surface area contributed by atoms with E-state index >= 15 is 0 Å². The van der Waals surface area contributed by atoms with Crippen LogP contribution in [0.5, 0.6) is 0 Å². The molecule has 1 aliphatic carbocycles. The fourth-order valence-corrected chi connectivity index (χ4v) is 6.66. The first kappa shape index (κ1) is 23.2. The number of amides is 2. The zero-order valence-electron chi connectivity index (χ0n) is 20.7. The molecule has 1 fully saturated rings. The Morgan fingerprint density at radius 1 is 1.15 bits per heavy atom. The van der Waals surface area contributed by atoms with Gasteiger partial charge < -0.3 is 9.88 Å². The van der Waals surface area contributed by atoms with Crippen molar-refractivity contribution in [1.82, 2.24) is 9.88 Å². The number of hydrogen-bond donors (Lipinski definition) is 1. The van der Waals surface area contributed by atoms with Gasteiger partial charge in [-0.15, -0.1) is 11.3 Å². The lowest BCUT2D eigenvalue weighted by Crippen LogP contribution is -2.65. The summed E-state index contributed by atoms with van der Waals surface area (Å²) in [6.07, 6.45) is 7.78. The van der Waals surface area contributed by atoms with Crippen molar-refractivity contribution in [2.24, 2.45) is 0 Å². The molecule has 1 aliphatic heterocycles. The second-order valence-corrected chi connectivity index (χ2v) is 11.4. The Balaban J connectivity index is 1.62. The quantitative estimate of drug-likeness (QED) is 0.459. The van der Waals surface area contributed by atoms with Gasteiger partial charge in [0.2, 0.25) is 5.91 Å². The highest BCUT2D eigenvalue weighted by Gasteiger charge is 2.49. The van der Waals surface area contributed by atoms with E-state index in [2.05, 4.69) is 35.9 Å². The van der Waals surface area contributed by atoms with E-state index in [0.29, 0.717) is 12.2 Å². The van der Waals surface area contributed by atoms with Gasteiger partial charge in [0.1, 0.15) is 11.2 Å². The normalized spacial score (nSPS) is 21.5. The smallest absolute Gasteiger partial charge is 0.275 e. The number of benzene rings is 1. The number of nitrogens with one attached hydrogen (secondary N) is 1. The van der Waals surface area contributed by atoms with E-state index < -0.39 is 5.54 Å². The zero-order chi connectivity index (χ0) is 24.0. The molecule has 0 unspecified atom stereocenters. The van der Waals surface area contributed by atoms with Gasteiger partial charge in [-0.05, 0) is 69.4 Å². The highest BCUT2D eigenvalue weighted by molar-refractivity contribution is 7.19. The lowest BCUT2D eigenvalue weighted by Gasteiger charge is -2.45. The lowest BCUT2D eigenvalue weighted by molar-refractivity contribution is -0.127. The average Bonchev–Trinajstić information content (AvgIpc) is 3.25. The first-order valence-corrected chi connectivity index (χ1v) is 13.5. The van der Waals surface area contributed by atoms with E-state index in [9.17, 15) is 9.59 Å². The second kappa shape index (κ2) is 8.88. The third kappa shape index (κ3) is 3.76. The van der Waals surface area contributed by atoms with Crippen molar-refractivity contribution in [1.29, 1.82) is 0 Å². The molecule has 3 aromatic rings. The molecular weight excluding hydrogens is 442 g/mol. The summed E-state index contributed by atoms with van der Waals surface area (Å²) in [5.41, 5.74) is 3.71. The Morgan fingerprint density at radius 3 is 2.59 bits per heavy atom. The summed E-state index contributed by atoms with van der Waals surface area (Å²) in [7, 11) is 0. The van der Waals surface area contributed by atoms with Crippen molar-refractivity contribution in [3.05, 3.63) is 52.0 Å². The number of hydrogen-bond acceptors (Lipinski definition) is 3. The van der Waals surface area contributed by atoms with Gasteiger partial charge in [-0.2, -0.15) is 0 Å². The molecule has 6 heteroatoms. The van der Waals surface area contributed by atoms with Crippen LogP contribution in [-0.4, -0.2) is 28.0 Å². The molecule has 0 bridgehead atoms.